The summed E-state index contributed by atoms with van der Waals surface area (Å²) in [6.45, 7) is 0. The van der Waals surface area contributed by atoms with E-state index in [9.17, 15) is 13.2 Å². The molecule has 1 amide bonds. The van der Waals surface area contributed by atoms with E-state index in [4.69, 9.17) is 4.74 Å². The van der Waals surface area contributed by atoms with Crippen LogP contribution >= 0.6 is 11.3 Å². The molecule has 1 heterocycles. The van der Waals surface area contributed by atoms with Gasteiger partial charge in [0.25, 0.3) is 5.91 Å². The first-order valence-corrected chi connectivity index (χ1v) is 7.16. The summed E-state index contributed by atoms with van der Waals surface area (Å²) in [5.41, 5.74) is 0.355. The van der Waals surface area contributed by atoms with Gasteiger partial charge in [0.15, 0.2) is 15.8 Å². The summed E-state index contributed by atoms with van der Waals surface area (Å²) in [6.07, 6.45) is 1.20. The van der Waals surface area contributed by atoms with Gasteiger partial charge in [-0.25, -0.2) is 13.4 Å². The number of anilines is 1. The Kier molecular flexibility index (Phi) is 4.13. The minimum absolute atomic E-state index is 0.102. The molecular formula is C11H10N2O4S2. The van der Waals surface area contributed by atoms with Crippen LogP contribution in [0.5, 0.6) is 5.75 Å². The summed E-state index contributed by atoms with van der Waals surface area (Å²) in [6, 6.07) is 6.73. The average Bonchev–Trinajstić information content (AvgIpc) is 2.87. The van der Waals surface area contributed by atoms with Gasteiger partial charge in [0.1, 0.15) is 9.96 Å². The second-order valence-electron chi connectivity index (χ2n) is 3.42. The zero-order chi connectivity index (χ0) is 13.8. The van der Waals surface area contributed by atoms with E-state index in [1.54, 1.807) is 24.3 Å². The first-order chi connectivity index (χ1) is 9.11. The summed E-state index contributed by atoms with van der Waals surface area (Å²) in [7, 11) is -1.22. The Bertz CT molecular complexity index is 671. The smallest absolute Gasteiger partial charge is 0.261 e. The number of ether oxygens (including phenoxy) is 1. The number of carbonyl (C=O) groups is 1. The van der Waals surface area contributed by atoms with Crippen LogP contribution in [0.3, 0.4) is 0 Å². The number of thiazole rings is 1. The van der Waals surface area contributed by atoms with E-state index in [-0.39, 0.29) is 9.34 Å². The second kappa shape index (κ2) is 5.81. The number of rotatable bonds is 4. The highest BCUT2D eigenvalue weighted by molar-refractivity contribution is 7.75. The lowest BCUT2D eigenvalue weighted by Crippen LogP contribution is -2.12. The maximum atomic E-state index is 12.0. The summed E-state index contributed by atoms with van der Waals surface area (Å²) in [4.78, 5) is 15.8. The molecule has 0 unspecified atom stereocenters. The SMILES string of the molecule is COc1ccccc1C(=O)Nc1ncc([SH](=O)=O)s1. The van der Waals surface area contributed by atoms with Gasteiger partial charge in [-0.1, -0.05) is 23.5 Å². The number of nitrogens with one attached hydrogen (secondary N) is 1. The van der Waals surface area contributed by atoms with Crippen LogP contribution in [0.1, 0.15) is 10.4 Å². The zero-order valence-electron chi connectivity index (χ0n) is 9.82. The van der Waals surface area contributed by atoms with E-state index >= 15 is 0 Å². The van der Waals surface area contributed by atoms with E-state index in [1.807, 2.05) is 0 Å². The lowest BCUT2D eigenvalue weighted by Gasteiger charge is -2.06. The molecule has 0 radical (unpaired) electrons. The van der Waals surface area contributed by atoms with Crippen molar-refractivity contribution in [1.29, 1.82) is 0 Å². The zero-order valence-corrected chi connectivity index (χ0v) is 11.5. The highest BCUT2D eigenvalue weighted by Gasteiger charge is 2.13. The first kappa shape index (κ1) is 13.5. The molecule has 1 N–H and O–H groups in total. The van der Waals surface area contributed by atoms with Crippen molar-refractivity contribution < 1.29 is 17.9 Å². The number of para-hydroxylation sites is 1. The fourth-order valence-electron chi connectivity index (χ4n) is 1.40. The minimum atomic E-state index is -2.68. The molecule has 0 saturated heterocycles. The predicted octanol–water partition coefficient (Wildman–Crippen LogP) is 1.37. The van der Waals surface area contributed by atoms with Gasteiger partial charge in [0.2, 0.25) is 0 Å². The molecule has 0 aliphatic heterocycles. The molecule has 0 spiro atoms. The van der Waals surface area contributed by atoms with Crippen molar-refractivity contribution in [2.24, 2.45) is 0 Å². The summed E-state index contributed by atoms with van der Waals surface area (Å²) in [5, 5.41) is 2.76. The third-order valence-corrected chi connectivity index (χ3v) is 4.16. The molecule has 2 aromatic rings. The fraction of sp³-hybridized carbons (Fsp3) is 0.0909. The number of methoxy groups -OCH3 is 1. The van der Waals surface area contributed by atoms with Gasteiger partial charge < -0.3 is 4.74 Å². The van der Waals surface area contributed by atoms with E-state index < -0.39 is 16.6 Å². The molecule has 8 heteroatoms. The van der Waals surface area contributed by atoms with Crippen molar-refractivity contribution in [3.63, 3.8) is 0 Å². The standard InChI is InChI=1S/C11H10N2O4S2/c1-17-8-5-3-2-4-7(8)10(14)13-11-12-6-9(18-11)19(15)16/h2-6,19H,1H3,(H,12,13,14). The molecule has 0 aliphatic carbocycles. The Morgan fingerprint density at radius 2 is 2.11 bits per heavy atom. The van der Waals surface area contributed by atoms with Crippen molar-refractivity contribution >= 4 is 33.1 Å². The van der Waals surface area contributed by atoms with Crippen LogP contribution in [-0.2, 0) is 10.7 Å². The molecule has 19 heavy (non-hydrogen) atoms. The van der Waals surface area contributed by atoms with Crippen LogP contribution in [0.4, 0.5) is 5.13 Å². The van der Waals surface area contributed by atoms with Gasteiger partial charge in [-0.15, -0.1) is 0 Å². The third kappa shape index (κ3) is 3.09. The molecule has 0 aliphatic rings. The van der Waals surface area contributed by atoms with Crippen molar-refractivity contribution in [2.45, 2.75) is 4.21 Å². The number of benzene rings is 1. The van der Waals surface area contributed by atoms with Gasteiger partial charge in [0.05, 0.1) is 18.9 Å². The molecule has 100 valence electrons. The fourth-order valence-corrected chi connectivity index (χ4v) is 2.67. The Morgan fingerprint density at radius 3 is 2.74 bits per heavy atom. The topological polar surface area (TPSA) is 85.4 Å². The van der Waals surface area contributed by atoms with E-state index in [1.165, 1.54) is 13.3 Å². The van der Waals surface area contributed by atoms with Crippen LogP contribution in [0.15, 0.2) is 34.7 Å². The highest BCUT2D eigenvalue weighted by atomic mass is 32.2. The van der Waals surface area contributed by atoms with Crippen molar-refractivity contribution in [3.8, 4) is 5.75 Å². The normalized spacial score (nSPS) is 10.4. The largest absolute Gasteiger partial charge is 0.496 e. The number of hydrogen-bond donors (Lipinski definition) is 2. The van der Waals surface area contributed by atoms with E-state index in [2.05, 4.69) is 10.3 Å². The monoisotopic (exact) mass is 298 g/mol. The Hall–Kier alpha value is -1.93. The number of hydrogen-bond acceptors (Lipinski definition) is 6. The first-order valence-electron chi connectivity index (χ1n) is 5.16. The maximum absolute atomic E-state index is 12.0. The van der Waals surface area contributed by atoms with E-state index in [0.717, 1.165) is 11.3 Å². The summed E-state index contributed by atoms with van der Waals surface area (Å²) in [5.74, 6) is 0.0335. The molecule has 2 rings (SSSR count). The number of carbonyl (C=O) groups excluding carboxylic acids is 1. The Balaban J connectivity index is 2.20. The lowest BCUT2D eigenvalue weighted by molar-refractivity contribution is 0.102. The molecule has 0 saturated carbocycles. The number of thiol groups is 1. The number of amides is 1. The molecule has 1 aromatic heterocycles. The molecule has 0 fully saturated rings. The van der Waals surface area contributed by atoms with Gasteiger partial charge in [0, 0.05) is 0 Å². The number of nitrogens with zero attached hydrogens (tertiary/aromatic N) is 1. The van der Waals surface area contributed by atoms with Gasteiger partial charge in [-0.3, -0.25) is 10.1 Å². The summed E-state index contributed by atoms with van der Waals surface area (Å²) < 4.78 is 26.7. The lowest BCUT2D eigenvalue weighted by atomic mass is 10.2. The molecular weight excluding hydrogens is 288 g/mol. The molecule has 0 bridgehead atoms. The van der Waals surface area contributed by atoms with Crippen molar-refractivity contribution in [1.82, 2.24) is 4.98 Å². The van der Waals surface area contributed by atoms with Crippen molar-refractivity contribution in [2.75, 3.05) is 12.4 Å². The molecule has 1 aromatic carbocycles. The van der Waals surface area contributed by atoms with Crippen LogP contribution in [0, 0.1) is 0 Å². The third-order valence-electron chi connectivity index (χ3n) is 2.25. The maximum Gasteiger partial charge on any atom is 0.261 e. The van der Waals surface area contributed by atoms with Crippen LogP contribution in [0.25, 0.3) is 0 Å². The van der Waals surface area contributed by atoms with Crippen molar-refractivity contribution in [3.05, 3.63) is 36.0 Å². The summed E-state index contributed by atoms with van der Waals surface area (Å²) >= 11 is 0.897. The molecule has 6 nitrogen and oxygen atoms in total. The molecule has 0 atom stereocenters. The minimum Gasteiger partial charge on any atom is -0.496 e. The van der Waals surface area contributed by atoms with Crippen LogP contribution < -0.4 is 10.1 Å². The number of aromatic nitrogens is 1. The predicted molar refractivity (Wildman–Crippen MR) is 71.6 cm³/mol. The van der Waals surface area contributed by atoms with E-state index in [0.29, 0.717) is 11.3 Å². The Labute approximate surface area is 115 Å². The van der Waals surface area contributed by atoms with Gasteiger partial charge >= 0.3 is 0 Å². The second-order valence-corrected chi connectivity index (χ2v) is 5.74. The van der Waals surface area contributed by atoms with Gasteiger partial charge in [-0.05, 0) is 12.1 Å². The quantitative estimate of drug-likeness (QED) is 0.833. The van der Waals surface area contributed by atoms with Crippen LogP contribution in [0.2, 0.25) is 0 Å². The highest BCUT2D eigenvalue weighted by Crippen LogP contribution is 2.22. The van der Waals surface area contributed by atoms with Crippen LogP contribution in [-0.4, -0.2) is 26.4 Å². The average molecular weight is 298 g/mol. The van der Waals surface area contributed by atoms with Gasteiger partial charge in [-0.2, -0.15) is 0 Å². The Morgan fingerprint density at radius 1 is 1.37 bits per heavy atom.